The molecule has 1 N–H and O–H groups in total. The number of nitrogens with zero attached hydrogens (tertiary/aromatic N) is 3. The van der Waals surface area contributed by atoms with Crippen molar-refractivity contribution in [3.8, 4) is 0 Å². The summed E-state index contributed by atoms with van der Waals surface area (Å²) in [5.74, 6) is -2.42. The van der Waals surface area contributed by atoms with Crippen molar-refractivity contribution in [2.24, 2.45) is 11.8 Å². The molecule has 6 rings (SSSR count). The summed E-state index contributed by atoms with van der Waals surface area (Å²) in [7, 11) is 0. The van der Waals surface area contributed by atoms with Crippen molar-refractivity contribution in [2.45, 2.75) is 69.5 Å². The van der Waals surface area contributed by atoms with E-state index in [-0.39, 0.29) is 30.4 Å². The van der Waals surface area contributed by atoms with Gasteiger partial charge in [0.2, 0.25) is 17.7 Å². The van der Waals surface area contributed by atoms with E-state index in [1.807, 2.05) is 106 Å². The lowest BCUT2D eigenvalue weighted by atomic mass is 9.73. The van der Waals surface area contributed by atoms with E-state index in [4.69, 9.17) is 4.74 Å². The van der Waals surface area contributed by atoms with Crippen molar-refractivity contribution in [1.82, 2.24) is 14.7 Å². The molecule has 4 heterocycles. The molecule has 2 fully saturated rings. The highest BCUT2D eigenvalue weighted by Crippen LogP contribution is 2.59. The fourth-order valence-corrected chi connectivity index (χ4v) is 7.71. The molecule has 0 aliphatic carbocycles. The quantitative estimate of drug-likeness (QED) is 0.482. The number of hydrogen-bond acceptors (Lipinski definition) is 5. The van der Waals surface area contributed by atoms with E-state index in [0.29, 0.717) is 32.5 Å². The highest BCUT2D eigenvalue weighted by Gasteiger charge is 2.76. The summed E-state index contributed by atoms with van der Waals surface area (Å²) < 4.78 is 7.08. The second-order valence-corrected chi connectivity index (χ2v) is 12.5. The summed E-state index contributed by atoms with van der Waals surface area (Å²) in [6.07, 6.45) is 8.57. The Morgan fingerprint density at radius 1 is 0.860 bits per heavy atom. The number of likely N-dealkylation sites (tertiary alicyclic amines) is 1. The van der Waals surface area contributed by atoms with E-state index >= 15 is 0 Å². The summed E-state index contributed by atoms with van der Waals surface area (Å²) in [5, 5.41) is 10.7. The summed E-state index contributed by atoms with van der Waals surface area (Å²) >= 11 is 0. The average molecular weight is 584 g/mol. The first-order valence-corrected chi connectivity index (χ1v) is 15.4. The highest BCUT2D eigenvalue weighted by molar-refractivity contribution is 6.00. The van der Waals surface area contributed by atoms with E-state index in [9.17, 15) is 19.5 Å². The Balaban J connectivity index is 1.47. The first kappa shape index (κ1) is 29.3. The number of carbonyl (C=O) groups excluding carboxylic acids is 3. The van der Waals surface area contributed by atoms with Crippen LogP contribution in [0.1, 0.15) is 38.3 Å². The molecular weight excluding hydrogens is 542 g/mol. The number of fused-ring (bicyclic) bond motifs is 2. The number of ether oxygens (including phenoxy) is 1. The van der Waals surface area contributed by atoms with Crippen LogP contribution in [0, 0.1) is 11.8 Å². The fraction of sp³-hybridized carbons (Fsp3) is 0.457. The minimum atomic E-state index is -1.35. The lowest BCUT2D eigenvalue weighted by Gasteiger charge is -2.41. The zero-order valence-electron chi connectivity index (χ0n) is 25.1. The zero-order valence-corrected chi connectivity index (χ0v) is 25.1. The Hall–Kier alpha value is -3.75. The number of benzene rings is 2. The van der Waals surface area contributed by atoms with E-state index in [0.717, 1.165) is 11.1 Å². The van der Waals surface area contributed by atoms with Gasteiger partial charge < -0.3 is 24.5 Å². The Labute approximate surface area is 253 Å². The highest BCUT2D eigenvalue weighted by atomic mass is 16.5. The maximum Gasteiger partial charge on any atom is 0.249 e. The monoisotopic (exact) mass is 583 g/mol. The standard InChI is InChI=1S/C35H41N3O5/c1-4-34-17-11-19-36(22-26-15-9-6-10-16-26)31(40)28(34)29-32(41)38(27(23-39)21-25-13-7-5-8-14-25)30-33(42)37(24(2)3)20-12-18-35(29,30)43-34/h5-18,24,27-30,39H,4,19-23H2,1-3H3/t27-,28+,29+,30?,34-,35+/m1/s1. The molecule has 43 heavy (non-hydrogen) atoms. The van der Waals surface area contributed by atoms with Gasteiger partial charge in [-0.05, 0) is 37.8 Å². The van der Waals surface area contributed by atoms with Crippen molar-refractivity contribution in [1.29, 1.82) is 0 Å². The third-order valence-corrected chi connectivity index (χ3v) is 9.75. The lowest BCUT2D eigenvalue weighted by Crippen LogP contribution is -2.60. The number of carbonyl (C=O) groups is 3. The second-order valence-electron chi connectivity index (χ2n) is 12.5. The van der Waals surface area contributed by atoms with Gasteiger partial charge in [0.25, 0.3) is 0 Å². The van der Waals surface area contributed by atoms with Crippen molar-refractivity contribution in [3.63, 3.8) is 0 Å². The van der Waals surface area contributed by atoms with Gasteiger partial charge >= 0.3 is 0 Å². The van der Waals surface area contributed by atoms with E-state index < -0.39 is 35.1 Å². The zero-order chi connectivity index (χ0) is 30.4. The smallest absolute Gasteiger partial charge is 0.249 e. The van der Waals surface area contributed by atoms with Gasteiger partial charge in [-0.1, -0.05) is 91.9 Å². The van der Waals surface area contributed by atoms with Gasteiger partial charge in [0, 0.05) is 25.7 Å². The van der Waals surface area contributed by atoms with E-state index in [1.165, 1.54) is 0 Å². The summed E-state index contributed by atoms with van der Waals surface area (Å²) in [5.41, 5.74) is -0.444. The molecular formula is C35H41N3O5. The normalized spacial score (nSPS) is 30.8. The van der Waals surface area contributed by atoms with Gasteiger partial charge in [0.15, 0.2) is 0 Å². The van der Waals surface area contributed by atoms with Gasteiger partial charge in [-0.25, -0.2) is 0 Å². The van der Waals surface area contributed by atoms with E-state index in [2.05, 4.69) is 0 Å². The molecule has 6 atom stereocenters. The van der Waals surface area contributed by atoms with Crippen molar-refractivity contribution in [2.75, 3.05) is 19.7 Å². The molecule has 8 heteroatoms. The maximum absolute atomic E-state index is 14.8. The molecule has 2 aromatic rings. The summed E-state index contributed by atoms with van der Waals surface area (Å²) in [6, 6.07) is 17.7. The minimum Gasteiger partial charge on any atom is -0.394 e. The number of amides is 3. The van der Waals surface area contributed by atoms with Gasteiger partial charge in [-0.15, -0.1) is 0 Å². The largest absolute Gasteiger partial charge is 0.394 e. The SMILES string of the molecule is CC[C@@]12C=CCN(Cc3ccccc3)C(=O)[C@@H]1[C@H]1C(=O)N([C@@H](CO)Cc3ccccc3)C3C(=O)N(C(C)C)CC=C[C@@]31O2. The predicted octanol–water partition coefficient (Wildman–Crippen LogP) is 3.36. The lowest BCUT2D eigenvalue weighted by molar-refractivity contribution is -0.158. The van der Waals surface area contributed by atoms with Crippen LogP contribution in [0.4, 0.5) is 0 Å². The topological polar surface area (TPSA) is 90.4 Å². The molecule has 8 nitrogen and oxygen atoms in total. The van der Waals surface area contributed by atoms with Crippen LogP contribution in [-0.4, -0.2) is 86.6 Å². The molecule has 0 aromatic heterocycles. The summed E-state index contributed by atoms with van der Waals surface area (Å²) in [6.45, 7) is 6.75. The van der Waals surface area contributed by atoms with Crippen LogP contribution in [0.5, 0.6) is 0 Å². The van der Waals surface area contributed by atoms with Gasteiger partial charge in [0.05, 0.1) is 30.1 Å². The van der Waals surface area contributed by atoms with Crippen molar-refractivity contribution >= 4 is 17.7 Å². The van der Waals surface area contributed by atoms with Crippen LogP contribution in [0.2, 0.25) is 0 Å². The molecule has 0 bridgehead atoms. The Morgan fingerprint density at radius 2 is 1.51 bits per heavy atom. The van der Waals surface area contributed by atoms with Gasteiger partial charge in [-0.3, -0.25) is 14.4 Å². The van der Waals surface area contributed by atoms with Crippen LogP contribution in [-0.2, 0) is 32.1 Å². The molecule has 1 unspecified atom stereocenters. The molecule has 2 saturated heterocycles. The first-order valence-electron chi connectivity index (χ1n) is 15.4. The van der Waals surface area contributed by atoms with Crippen molar-refractivity contribution in [3.05, 3.63) is 96.1 Å². The molecule has 3 amide bonds. The van der Waals surface area contributed by atoms with Crippen LogP contribution in [0.25, 0.3) is 0 Å². The number of hydrogen-bond donors (Lipinski definition) is 1. The Bertz CT molecular complexity index is 1430. The van der Waals surface area contributed by atoms with Gasteiger partial charge in [0.1, 0.15) is 11.6 Å². The minimum absolute atomic E-state index is 0.111. The Morgan fingerprint density at radius 3 is 2.14 bits per heavy atom. The maximum atomic E-state index is 14.8. The van der Waals surface area contributed by atoms with Crippen LogP contribution in [0.3, 0.4) is 0 Å². The molecule has 1 spiro atoms. The number of aliphatic hydroxyl groups excluding tert-OH is 1. The Kier molecular flexibility index (Phi) is 7.77. The second kappa shape index (κ2) is 11.4. The van der Waals surface area contributed by atoms with Crippen LogP contribution >= 0.6 is 0 Å². The average Bonchev–Trinajstić information content (AvgIpc) is 3.31. The number of aliphatic hydroxyl groups is 1. The molecule has 4 aliphatic rings. The fourth-order valence-electron chi connectivity index (χ4n) is 7.71. The van der Waals surface area contributed by atoms with E-state index in [1.54, 1.807) is 14.7 Å². The summed E-state index contributed by atoms with van der Waals surface area (Å²) in [4.78, 5) is 49.1. The van der Waals surface area contributed by atoms with Crippen molar-refractivity contribution < 1.29 is 24.2 Å². The third kappa shape index (κ3) is 4.71. The molecule has 226 valence electrons. The molecule has 0 saturated carbocycles. The first-order chi connectivity index (χ1) is 20.8. The van der Waals surface area contributed by atoms with Crippen LogP contribution < -0.4 is 0 Å². The predicted molar refractivity (Wildman–Crippen MR) is 162 cm³/mol. The molecule has 0 radical (unpaired) electrons. The van der Waals surface area contributed by atoms with Gasteiger partial charge in [-0.2, -0.15) is 0 Å². The third-order valence-electron chi connectivity index (χ3n) is 9.75. The molecule has 2 aromatic carbocycles. The molecule has 4 aliphatic heterocycles. The van der Waals surface area contributed by atoms with Crippen LogP contribution in [0.15, 0.2) is 85.0 Å². The number of rotatable bonds is 8.